The summed E-state index contributed by atoms with van der Waals surface area (Å²) < 4.78 is 9.95. The first-order valence-electron chi connectivity index (χ1n) is 14.4. The number of carbonyl (C=O) groups is 4. The Bertz CT molecular complexity index is 905. The predicted molar refractivity (Wildman–Crippen MR) is 159 cm³/mol. The molecule has 3 amide bonds. The summed E-state index contributed by atoms with van der Waals surface area (Å²) in [5.41, 5.74) is 1.13. The van der Waals surface area contributed by atoms with E-state index in [1.54, 1.807) is 0 Å². The van der Waals surface area contributed by atoms with Gasteiger partial charge in [-0.15, -0.1) is 0 Å². The van der Waals surface area contributed by atoms with Gasteiger partial charge in [-0.2, -0.15) is 0 Å². The van der Waals surface area contributed by atoms with Crippen LogP contribution in [0.4, 0.5) is 0 Å². The van der Waals surface area contributed by atoms with Crippen LogP contribution in [0.15, 0.2) is 29.2 Å². The summed E-state index contributed by atoms with van der Waals surface area (Å²) >= 11 is 1.21. The number of ether oxygens (including phenoxy) is 2. The van der Waals surface area contributed by atoms with Crippen molar-refractivity contribution >= 4 is 36.5 Å². The van der Waals surface area contributed by atoms with Gasteiger partial charge in [0, 0.05) is 24.0 Å². The van der Waals surface area contributed by atoms with Crippen LogP contribution in [0.1, 0.15) is 51.5 Å². The molecule has 0 aromatic heterocycles. The maximum atomic E-state index is 12.0. The molecule has 2 saturated heterocycles. The third-order valence-electron chi connectivity index (χ3n) is 6.93. The van der Waals surface area contributed by atoms with E-state index in [0.717, 1.165) is 49.3 Å². The fraction of sp³-hybridized carbons (Fsp3) is 0.655. The van der Waals surface area contributed by atoms with E-state index >= 15 is 0 Å². The second-order valence-corrected chi connectivity index (χ2v) is 11.4. The van der Waals surface area contributed by atoms with Gasteiger partial charge in [-0.05, 0) is 62.3 Å². The SMILES string of the molecule is CC(Cc1ccc(SN)cc1)NC(=O)CNC(=O)CN1CCOCC1.CC1CO1.O=CN[C@H](C=O)CC1CCCC1. The summed E-state index contributed by atoms with van der Waals surface area (Å²) in [6.45, 7) is 8.08. The first-order valence-corrected chi connectivity index (χ1v) is 15.3. The van der Waals surface area contributed by atoms with Crippen LogP contribution >= 0.6 is 11.9 Å². The van der Waals surface area contributed by atoms with Crippen LogP contribution in [0.3, 0.4) is 0 Å². The van der Waals surface area contributed by atoms with Gasteiger partial charge in [0.1, 0.15) is 6.29 Å². The summed E-state index contributed by atoms with van der Waals surface area (Å²) in [5, 5.41) is 13.6. The third-order valence-corrected chi connectivity index (χ3v) is 7.48. The van der Waals surface area contributed by atoms with Gasteiger partial charge in [0.25, 0.3) is 0 Å². The predicted octanol–water partition coefficient (Wildman–Crippen LogP) is 1.43. The molecule has 1 aromatic carbocycles. The molecule has 5 N–H and O–H groups in total. The molecule has 11 nitrogen and oxygen atoms in total. The van der Waals surface area contributed by atoms with Gasteiger partial charge in [0.2, 0.25) is 18.2 Å². The lowest BCUT2D eigenvalue weighted by Gasteiger charge is -2.25. The van der Waals surface area contributed by atoms with Gasteiger partial charge in [0.15, 0.2) is 0 Å². The Morgan fingerprint density at radius 2 is 1.76 bits per heavy atom. The zero-order valence-electron chi connectivity index (χ0n) is 24.3. The van der Waals surface area contributed by atoms with Crippen molar-refractivity contribution in [2.24, 2.45) is 11.1 Å². The molecule has 1 aliphatic carbocycles. The Morgan fingerprint density at radius 1 is 1.12 bits per heavy atom. The van der Waals surface area contributed by atoms with Gasteiger partial charge >= 0.3 is 0 Å². The van der Waals surface area contributed by atoms with Gasteiger partial charge in [-0.25, -0.2) is 0 Å². The number of hydrogen-bond donors (Lipinski definition) is 4. The summed E-state index contributed by atoms with van der Waals surface area (Å²) in [7, 11) is 0. The molecule has 3 aliphatic rings. The molecule has 2 unspecified atom stereocenters. The Hall–Kier alpha value is -2.51. The van der Waals surface area contributed by atoms with E-state index in [1.165, 1.54) is 37.6 Å². The zero-order valence-corrected chi connectivity index (χ0v) is 25.2. The van der Waals surface area contributed by atoms with E-state index in [2.05, 4.69) is 22.9 Å². The lowest BCUT2D eigenvalue weighted by molar-refractivity contribution is -0.127. The number of nitrogens with two attached hydrogens (primary N) is 1. The van der Waals surface area contributed by atoms with E-state index in [1.807, 2.05) is 36.1 Å². The lowest BCUT2D eigenvalue weighted by Crippen LogP contribution is -2.46. The molecule has 230 valence electrons. The average Bonchev–Trinajstić information content (AvgIpc) is 3.58. The van der Waals surface area contributed by atoms with E-state index < -0.39 is 0 Å². The molecule has 2 aliphatic heterocycles. The standard InChI is InChI=1S/C17H26N4O3S.C9H15NO2.C3H6O/c1-13(10-14-2-4-15(25-18)5-3-14)20-16(22)11-19-17(23)12-21-6-8-24-9-7-21;11-6-9(10-7-12)5-8-3-1-2-4-8;1-3-2-4-3/h2-5,13H,6-12,18H2,1H3,(H,19,23)(H,20,22);6-9H,1-5H2,(H,10,12);3H,2H2,1H3/t;9-;/m.0./s1. The highest BCUT2D eigenvalue weighted by Gasteiger charge is 2.19. The van der Waals surface area contributed by atoms with Crippen LogP contribution in [-0.4, -0.2) is 93.6 Å². The number of benzene rings is 1. The average molecular weight is 594 g/mol. The second-order valence-electron chi connectivity index (χ2n) is 10.7. The van der Waals surface area contributed by atoms with Crippen LogP contribution in [0.25, 0.3) is 0 Å². The number of carbonyl (C=O) groups excluding carboxylic acids is 4. The normalized spacial score (nSPS) is 19.7. The maximum Gasteiger partial charge on any atom is 0.239 e. The van der Waals surface area contributed by atoms with Crippen molar-refractivity contribution in [2.75, 3.05) is 46.0 Å². The van der Waals surface area contributed by atoms with Gasteiger partial charge in [-0.3, -0.25) is 24.4 Å². The molecule has 41 heavy (non-hydrogen) atoms. The van der Waals surface area contributed by atoms with Crippen molar-refractivity contribution in [3.05, 3.63) is 29.8 Å². The second kappa shape index (κ2) is 20.4. The number of morpholine rings is 1. The third kappa shape index (κ3) is 16.5. The van der Waals surface area contributed by atoms with Crippen LogP contribution in [-0.2, 0) is 35.1 Å². The number of nitrogens with one attached hydrogen (secondary N) is 3. The molecule has 0 bridgehead atoms. The topological polar surface area (TPSA) is 155 Å². The van der Waals surface area contributed by atoms with E-state index in [4.69, 9.17) is 14.6 Å². The van der Waals surface area contributed by atoms with Gasteiger partial charge in [0.05, 0.1) is 45.1 Å². The van der Waals surface area contributed by atoms with Crippen molar-refractivity contribution < 1.29 is 28.7 Å². The van der Waals surface area contributed by atoms with E-state index in [-0.39, 0.29) is 30.4 Å². The maximum absolute atomic E-state index is 12.0. The van der Waals surface area contributed by atoms with Crippen LogP contribution in [0.5, 0.6) is 0 Å². The minimum atomic E-state index is -0.259. The number of rotatable bonds is 13. The van der Waals surface area contributed by atoms with Gasteiger partial charge < -0.3 is 30.2 Å². The van der Waals surface area contributed by atoms with Crippen molar-refractivity contribution in [1.82, 2.24) is 20.9 Å². The van der Waals surface area contributed by atoms with Crippen LogP contribution in [0.2, 0.25) is 0 Å². The summed E-state index contributed by atoms with van der Waals surface area (Å²) in [6.07, 6.45) is 8.54. The highest BCUT2D eigenvalue weighted by atomic mass is 32.2. The highest BCUT2D eigenvalue weighted by molar-refractivity contribution is 7.97. The number of nitrogens with zero attached hydrogens (tertiary/aromatic N) is 1. The first-order chi connectivity index (χ1) is 19.8. The van der Waals surface area contributed by atoms with E-state index in [9.17, 15) is 19.2 Å². The van der Waals surface area contributed by atoms with Crippen LogP contribution < -0.4 is 21.1 Å². The first kappa shape index (κ1) is 34.7. The monoisotopic (exact) mass is 593 g/mol. The number of amides is 3. The van der Waals surface area contributed by atoms with Gasteiger partial charge in [-0.1, -0.05) is 37.8 Å². The molecule has 12 heteroatoms. The summed E-state index contributed by atoms with van der Waals surface area (Å²) in [5.74, 6) is 0.323. The summed E-state index contributed by atoms with van der Waals surface area (Å²) in [4.78, 5) is 47.4. The van der Waals surface area contributed by atoms with Crippen molar-refractivity contribution in [1.29, 1.82) is 0 Å². The number of hydrogen-bond acceptors (Lipinski definition) is 9. The smallest absolute Gasteiger partial charge is 0.239 e. The molecular weight excluding hydrogens is 546 g/mol. The van der Waals surface area contributed by atoms with Crippen molar-refractivity contribution in [3.8, 4) is 0 Å². The van der Waals surface area contributed by atoms with Crippen LogP contribution in [0, 0.1) is 5.92 Å². The minimum Gasteiger partial charge on any atom is -0.379 e. The summed E-state index contributed by atoms with van der Waals surface area (Å²) in [6, 6.07) is 7.65. The molecular formula is C29H47N5O6S. The fourth-order valence-corrected chi connectivity index (χ4v) is 4.88. The molecule has 1 aromatic rings. The lowest BCUT2D eigenvalue weighted by atomic mass is 9.99. The Labute approximate surface area is 248 Å². The molecule has 1 saturated carbocycles. The Balaban J connectivity index is 0.000000301. The Kier molecular flexibility index (Phi) is 17.2. The largest absolute Gasteiger partial charge is 0.379 e. The van der Waals surface area contributed by atoms with E-state index in [0.29, 0.717) is 38.2 Å². The molecule has 3 fully saturated rings. The Morgan fingerprint density at radius 3 is 2.29 bits per heavy atom. The van der Waals surface area contributed by atoms with Crippen molar-refractivity contribution in [3.63, 3.8) is 0 Å². The molecule has 0 spiro atoms. The van der Waals surface area contributed by atoms with Crippen molar-refractivity contribution in [2.45, 2.75) is 75.5 Å². The highest BCUT2D eigenvalue weighted by Crippen LogP contribution is 2.28. The molecule has 4 rings (SSSR count). The zero-order chi connectivity index (χ0) is 29.9. The molecule has 0 radical (unpaired) electrons. The quantitative estimate of drug-likeness (QED) is 0.151. The molecule has 2 heterocycles. The molecule has 3 atom stereocenters. The minimum absolute atomic E-state index is 0.00371. The fourth-order valence-electron chi connectivity index (χ4n) is 4.58. The number of epoxide rings is 1. The number of aldehydes is 1.